The summed E-state index contributed by atoms with van der Waals surface area (Å²) in [6.45, 7) is 9.10. The molecule has 11 heteroatoms. The first kappa shape index (κ1) is 27.3. The van der Waals surface area contributed by atoms with Crippen LogP contribution in [0.3, 0.4) is 0 Å². The van der Waals surface area contributed by atoms with Crippen LogP contribution in [0.4, 0.5) is 0 Å². The first-order valence-electron chi connectivity index (χ1n) is 9.76. The largest absolute Gasteiger partial charge is 0.395 e. The molecule has 6 N–H and O–H groups in total. The van der Waals surface area contributed by atoms with Gasteiger partial charge in [0.25, 0.3) is 0 Å². The van der Waals surface area contributed by atoms with Crippen LogP contribution >= 0.6 is 0 Å². The predicted molar refractivity (Wildman–Crippen MR) is 109 cm³/mol. The first-order valence-corrected chi connectivity index (χ1v) is 9.76. The molecule has 0 aromatic heterocycles. The number of aliphatic hydroxyl groups is 1. The SMILES string of the molecule is CC(C)C[C@@H](NC=O)C(=O)N[CH]C(=O)N[C@H](CC(C)C)C(=O)N[CH]C(=O)NCCO. The van der Waals surface area contributed by atoms with Gasteiger partial charge in [0, 0.05) is 6.54 Å². The van der Waals surface area contributed by atoms with E-state index in [1.807, 2.05) is 27.7 Å². The molecule has 0 unspecified atom stereocenters. The lowest BCUT2D eigenvalue weighted by atomic mass is 10.0. The summed E-state index contributed by atoms with van der Waals surface area (Å²) in [4.78, 5) is 58.8. The molecule has 0 aliphatic carbocycles. The van der Waals surface area contributed by atoms with E-state index in [9.17, 15) is 24.0 Å². The number of carbonyl (C=O) groups is 5. The number of rotatable bonds is 15. The second-order valence-electron chi connectivity index (χ2n) is 7.48. The summed E-state index contributed by atoms with van der Waals surface area (Å²) in [5.74, 6) is -2.24. The molecule has 2 radical (unpaired) electrons. The predicted octanol–water partition coefficient (Wildman–Crippen LogP) is -1.66. The molecule has 0 bridgehead atoms. The number of aliphatic hydroxyl groups excluding tert-OH is 1. The highest BCUT2D eigenvalue weighted by Crippen LogP contribution is 2.06. The van der Waals surface area contributed by atoms with Crippen LogP contribution in [0.1, 0.15) is 40.5 Å². The van der Waals surface area contributed by atoms with Gasteiger partial charge in [-0.25, -0.2) is 0 Å². The minimum absolute atomic E-state index is 0.0444. The van der Waals surface area contributed by atoms with Crippen LogP contribution in [0.25, 0.3) is 0 Å². The number of hydrogen-bond donors (Lipinski definition) is 6. The van der Waals surface area contributed by atoms with E-state index in [0.717, 1.165) is 13.1 Å². The summed E-state index contributed by atoms with van der Waals surface area (Å²) in [6, 6.07) is -1.72. The van der Waals surface area contributed by atoms with Crippen molar-refractivity contribution in [3.8, 4) is 0 Å². The number of hydrogen-bond acceptors (Lipinski definition) is 6. The molecule has 30 heavy (non-hydrogen) atoms. The van der Waals surface area contributed by atoms with Crippen molar-refractivity contribution in [2.24, 2.45) is 11.8 Å². The fraction of sp³-hybridized carbons (Fsp3) is 0.632. The summed E-state index contributed by atoms with van der Waals surface area (Å²) in [6.07, 6.45) is 1.11. The summed E-state index contributed by atoms with van der Waals surface area (Å²) < 4.78 is 0. The van der Waals surface area contributed by atoms with Crippen molar-refractivity contribution < 1.29 is 29.1 Å². The van der Waals surface area contributed by atoms with Crippen LogP contribution < -0.4 is 26.6 Å². The molecule has 0 heterocycles. The lowest BCUT2D eigenvalue weighted by molar-refractivity contribution is -0.129. The molecule has 0 aliphatic heterocycles. The zero-order valence-corrected chi connectivity index (χ0v) is 17.9. The van der Waals surface area contributed by atoms with E-state index < -0.39 is 35.7 Å². The van der Waals surface area contributed by atoms with Crippen LogP contribution in [0.2, 0.25) is 0 Å². The minimum Gasteiger partial charge on any atom is -0.395 e. The van der Waals surface area contributed by atoms with Gasteiger partial charge in [0.15, 0.2) is 0 Å². The maximum atomic E-state index is 12.3. The maximum Gasteiger partial charge on any atom is 0.245 e. The average Bonchev–Trinajstić information content (AvgIpc) is 2.67. The number of carbonyl (C=O) groups excluding carboxylic acids is 5. The standard InChI is InChI=1S/C19H33N5O6/c1-12(2)7-14(23-11-26)18(29)22-10-17(28)24-15(8-13(3)4)19(30)21-9-16(27)20-5-6-25/h9-15,25H,5-8H2,1-4H3,(H,20,27)(H,21,30)(H,22,29)(H,23,26)(H,24,28)/t14-,15-/m1/s1. The zero-order valence-electron chi connectivity index (χ0n) is 17.9. The molecule has 0 saturated carbocycles. The topological polar surface area (TPSA) is 166 Å². The molecule has 0 saturated heterocycles. The normalized spacial score (nSPS) is 12.6. The molecule has 11 nitrogen and oxygen atoms in total. The van der Waals surface area contributed by atoms with Crippen molar-refractivity contribution in [2.75, 3.05) is 13.2 Å². The van der Waals surface area contributed by atoms with Crippen molar-refractivity contribution in [2.45, 2.75) is 52.6 Å². The van der Waals surface area contributed by atoms with Crippen LogP contribution in [0, 0.1) is 24.9 Å². The minimum atomic E-state index is -0.938. The van der Waals surface area contributed by atoms with E-state index in [2.05, 4.69) is 26.6 Å². The van der Waals surface area contributed by atoms with Crippen molar-refractivity contribution in [3.63, 3.8) is 0 Å². The Labute approximate surface area is 177 Å². The van der Waals surface area contributed by atoms with Gasteiger partial charge in [-0.15, -0.1) is 0 Å². The molecule has 0 aromatic carbocycles. The third-order valence-corrected chi connectivity index (χ3v) is 3.73. The van der Waals surface area contributed by atoms with Gasteiger partial charge >= 0.3 is 0 Å². The third-order valence-electron chi connectivity index (χ3n) is 3.73. The zero-order chi connectivity index (χ0) is 23.1. The smallest absolute Gasteiger partial charge is 0.245 e. The summed E-state index contributed by atoms with van der Waals surface area (Å²) in [5.41, 5.74) is 0. The van der Waals surface area contributed by atoms with Gasteiger partial charge in [-0.05, 0) is 24.7 Å². The maximum absolute atomic E-state index is 12.3. The summed E-state index contributed by atoms with van der Waals surface area (Å²) in [7, 11) is 0. The highest BCUT2D eigenvalue weighted by molar-refractivity contribution is 5.96. The first-order chi connectivity index (χ1) is 14.1. The van der Waals surface area contributed by atoms with E-state index in [1.54, 1.807) is 0 Å². The van der Waals surface area contributed by atoms with Crippen molar-refractivity contribution in [1.82, 2.24) is 26.6 Å². The Morgan fingerprint density at radius 3 is 1.83 bits per heavy atom. The molecule has 0 aliphatic rings. The average molecular weight is 428 g/mol. The molecule has 0 aromatic rings. The third kappa shape index (κ3) is 12.7. The Balaban J connectivity index is 4.71. The highest BCUT2D eigenvalue weighted by Gasteiger charge is 2.24. The van der Waals surface area contributed by atoms with Crippen molar-refractivity contribution >= 4 is 30.0 Å². The fourth-order valence-electron chi connectivity index (χ4n) is 2.43. The van der Waals surface area contributed by atoms with Gasteiger partial charge in [-0.2, -0.15) is 0 Å². The van der Waals surface area contributed by atoms with Gasteiger partial charge in [0.1, 0.15) is 25.2 Å². The van der Waals surface area contributed by atoms with Gasteiger partial charge in [-0.3, -0.25) is 24.0 Å². The summed E-state index contributed by atoms with van der Waals surface area (Å²) >= 11 is 0. The Kier molecular flexibility index (Phi) is 13.8. The second kappa shape index (κ2) is 15.2. The molecule has 0 fully saturated rings. The Bertz CT molecular complexity index is 582. The highest BCUT2D eigenvalue weighted by atomic mass is 16.3. The van der Waals surface area contributed by atoms with Gasteiger partial charge in [-0.1, -0.05) is 27.7 Å². The van der Waals surface area contributed by atoms with Crippen LogP contribution in [0.15, 0.2) is 0 Å². The second-order valence-corrected chi connectivity index (χ2v) is 7.48. The van der Waals surface area contributed by atoms with E-state index in [1.165, 1.54) is 0 Å². The van der Waals surface area contributed by atoms with E-state index in [-0.39, 0.29) is 25.0 Å². The van der Waals surface area contributed by atoms with E-state index in [4.69, 9.17) is 5.11 Å². The molecule has 2 atom stereocenters. The van der Waals surface area contributed by atoms with Crippen molar-refractivity contribution in [3.05, 3.63) is 13.1 Å². The van der Waals surface area contributed by atoms with Gasteiger partial charge in [0.05, 0.1) is 6.61 Å². The molecule has 0 rings (SSSR count). The van der Waals surface area contributed by atoms with E-state index >= 15 is 0 Å². The molecule has 170 valence electrons. The lowest BCUT2D eigenvalue weighted by Gasteiger charge is -2.21. The molecular weight excluding hydrogens is 394 g/mol. The van der Waals surface area contributed by atoms with Crippen LogP contribution in [-0.2, 0) is 24.0 Å². The van der Waals surface area contributed by atoms with Crippen LogP contribution in [0.5, 0.6) is 0 Å². The molecule has 5 amide bonds. The molecule has 0 spiro atoms. The fourth-order valence-corrected chi connectivity index (χ4v) is 2.43. The lowest BCUT2D eigenvalue weighted by Crippen LogP contribution is -2.50. The van der Waals surface area contributed by atoms with Crippen molar-refractivity contribution in [1.29, 1.82) is 0 Å². The molecular formula is C19H33N5O6. The van der Waals surface area contributed by atoms with Crippen LogP contribution in [-0.4, -0.2) is 60.4 Å². The number of nitrogens with one attached hydrogen (secondary N) is 5. The summed E-state index contributed by atoms with van der Waals surface area (Å²) in [5, 5.41) is 20.5. The van der Waals surface area contributed by atoms with Gasteiger partial charge in [0.2, 0.25) is 30.0 Å². The Morgan fingerprint density at radius 2 is 1.33 bits per heavy atom. The quantitative estimate of drug-likeness (QED) is 0.171. The van der Waals surface area contributed by atoms with Gasteiger partial charge < -0.3 is 31.7 Å². The Hall–Kier alpha value is -2.69. The monoisotopic (exact) mass is 427 g/mol. The Morgan fingerprint density at radius 1 is 0.833 bits per heavy atom. The number of amides is 5. The van der Waals surface area contributed by atoms with E-state index in [0.29, 0.717) is 19.3 Å².